The predicted octanol–water partition coefficient (Wildman–Crippen LogP) is 4.80. The van der Waals surface area contributed by atoms with Crippen LogP contribution in [0.3, 0.4) is 0 Å². The van der Waals surface area contributed by atoms with E-state index in [2.05, 4.69) is 4.98 Å². The van der Waals surface area contributed by atoms with Gasteiger partial charge in [0.2, 0.25) is 5.91 Å². The molecule has 0 spiro atoms. The van der Waals surface area contributed by atoms with Gasteiger partial charge >= 0.3 is 0 Å². The number of ether oxygens (including phenoxy) is 2. The summed E-state index contributed by atoms with van der Waals surface area (Å²) in [7, 11) is 0. The SMILES string of the molecule is O=C(/C=C/c1cccs1)N(Cc1ccc(OCC2CCOC2)cc1)Cc1cccnc1. The number of hydrogen-bond acceptors (Lipinski definition) is 5. The maximum atomic E-state index is 13.0. The molecule has 2 aromatic heterocycles. The Morgan fingerprint density at radius 2 is 2.03 bits per heavy atom. The molecule has 3 heterocycles. The molecule has 3 aromatic rings. The first-order valence-corrected chi connectivity index (χ1v) is 11.3. The highest BCUT2D eigenvalue weighted by Crippen LogP contribution is 2.19. The Kier molecular flexibility index (Phi) is 7.47. The van der Waals surface area contributed by atoms with Crippen molar-refractivity contribution in [2.75, 3.05) is 19.8 Å². The zero-order valence-corrected chi connectivity index (χ0v) is 18.2. The Bertz CT molecular complexity index is 966. The highest BCUT2D eigenvalue weighted by atomic mass is 32.1. The summed E-state index contributed by atoms with van der Waals surface area (Å²) >= 11 is 1.61. The summed E-state index contributed by atoms with van der Waals surface area (Å²) in [5, 5.41) is 2.00. The Hall–Kier alpha value is -2.96. The molecule has 4 rings (SSSR count). The molecule has 160 valence electrons. The summed E-state index contributed by atoms with van der Waals surface area (Å²) < 4.78 is 11.3. The molecule has 0 saturated carbocycles. The molecule has 1 atom stereocenters. The average Bonchev–Trinajstić information content (AvgIpc) is 3.51. The fourth-order valence-corrected chi connectivity index (χ4v) is 4.03. The van der Waals surface area contributed by atoms with Crippen molar-refractivity contribution >= 4 is 23.3 Å². The number of aromatic nitrogens is 1. The van der Waals surface area contributed by atoms with Gasteiger partial charge in [-0.1, -0.05) is 24.3 Å². The van der Waals surface area contributed by atoms with Gasteiger partial charge in [0.25, 0.3) is 0 Å². The molecule has 1 unspecified atom stereocenters. The summed E-state index contributed by atoms with van der Waals surface area (Å²) in [4.78, 5) is 20.0. The third kappa shape index (κ3) is 6.51. The molecule has 6 heteroatoms. The van der Waals surface area contributed by atoms with E-state index in [9.17, 15) is 4.79 Å². The van der Waals surface area contributed by atoms with E-state index in [-0.39, 0.29) is 5.91 Å². The topological polar surface area (TPSA) is 51.7 Å². The molecule has 5 nitrogen and oxygen atoms in total. The summed E-state index contributed by atoms with van der Waals surface area (Å²) in [6.45, 7) is 3.30. The van der Waals surface area contributed by atoms with Gasteiger partial charge in [-0.05, 0) is 53.3 Å². The largest absolute Gasteiger partial charge is 0.493 e. The van der Waals surface area contributed by atoms with E-state index in [1.165, 1.54) is 0 Å². The molecule has 1 aromatic carbocycles. The first-order chi connectivity index (χ1) is 15.3. The van der Waals surface area contributed by atoms with Gasteiger partial charge < -0.3 is 14.4 Å². The Balaban J connectivity index is 1.41. The van der Waals surface area contributed by atoms with Gasteiger partial charge in [0.15, 0.2) is 0 Å². The molecule has 1 aliphatic rings. The van der Waals surface area contributed by atoms with Crippen molar-refractivity contribution in [2.24, 2.45) is 5.92 Å². The number of carbonyl (C=O) groups is 1. The normalized spacial score (nSPS) is 15.9. The lowest BCUT2D eigenvalue weighted by Crippen LogP contribution is -2.28. The molecule has 1 saturated heterocycles. The highest BCUT2D eigenvalue weighted by molar-refractivity contribution is 7.10. The molecule has 0 bridgehead atoms. The van der Waals surface area contributed by atoms with Crippen LogP contribution in [0.25, 0.3) is 6.08 Å². The van der Waals surface area contributed by atoms with Crippen LogP contribution in [-0.4, -0.2) is 35.6 Å². The van der Waals surface area contributed by atoms with Crippen LogP contribution in [0.15, 0.2) is 72.4 Å². The molecule has 0 aliphatic carbocycles. The van der Waals surface area contributed by atoms with Gasteiger partial charge in [-0.15, -0.1) is 11.3 Å². The number of pyridine rings is 1. The number of rotatable bonds is 9. The van der Waals surface area contributed by atoms with Gasteiger partial charge in [0.05, 0.1) is 13.2 Å². The molecule has 1 fully saturated rings. The predicted molar refractivity (Wildman–Crippen MR) is 123 cm³/mol. The monoisotopic (exact) mass is 434 g/mol. The number of hydrogen-bond donors (Lipinski definition) is 0. The Morgan fingerprint density at radius 1 is 1.16 bits per heavy atom. The van der Waals surface area contributed by atoms with Crippen LogP contribution in [0, 0.1) is 5.92 Å². The van der Waals surface area contributed by atoms with Crippen LogP contribution < -0.4 is 4.74 Å². The van der Waals surface area contributed by atoms with Gasteiger partial charge in [0, 0.05) is 49.0 Å². The van der Waals surface area contributed by atoms with Gasteiger partial charge in [-0.25, -0.2) is 0 Å². The number of thiophene rings is 1. The summed E-state index contributed by atoms with van der Waals surface area (Å²) in [6, 6.07) is 15.8. The Morgan fingerprint density at radius 3 is 2.74 bits per heavy atom. The summed E-state index contributed by atoms with van der Waals surface area (Å²) in [6.07, 6.45) is 8.11. The van der Waals surface area contributed by atoms with E-state index in [0.29, 0.717) is 25.6 Å². The third-order valence-corrected chi connectivity index (χ3v) is 5.99. The molecule has 0 N–H and O–H groups in total. The smallest absolute Gasteiger partial charge is 0.247 e. The molecule has 1 aliphatic heterocycles. The third-order valence-electron chi connectivity index (χ3n) is 5.15. The van der Waals surface area contributed by atoms with Crippen LogP contribution >= 0.6 is 11.3 Å². The second kappa shape index (κ2) is 10.9. The van der Waals surface area contributed by atoms with Crippen molar-refractivity contribution in [1.82, 2.24) is 9.88 Å². The first kappa shape index (κ1) is 21.3. The van der Waals surface area contributed by atoms with E-state index in [1.807, 2.05) is 64.9 Å². The first-order valence-electron chi connectivity index (χ1n) is 10.4. The number of amides is 1. The lowest BCUT2D eigenvalue weighted by Gasteiger charge is -2.22. The average molecular weight is 435 g/mol. The van der Waals surface area contributed by atoms with Crippen molar-refractivity contribution in [2.45, 2.75) is 19.5 Å². The molecular formula is C25H26N2O3S. The van der Waals surface area contributed by atoms with Gasteiger partial charge in [0.1, 0.15) is 5.75 Å². The van der Waals surface area contributed by atoms with E-state index in [1.54, 1.807) is 29.8 Å². The zero-order chi connectivity index (χ0) is 21.3. The summed E-state index contributed by atoms with van der Waals surface area (Å²) in [5.41, 5.74) is 2.05. The van der Waals surface area contributed by atoms with Gasteiger partial charge in [-0.3, -0.25) is 9.78 Å². The number of benzene rings is 1. The van der Waals surface area contributed by atoms with Crippen LogP contribution in [0.5, 0.6) is 5.75 Å². The fourth-order valence-electron chi connectivity index (χ4n) is 3.41. The van der Waals surface area contributed by atoms with E-state index in [4.69, 9.17) is 9.47 Å². The second-order valence-corrected chi connectivity index (χ2v) is 8.57. The van der Waals surface area contributed by atoms with E-state index < -0.39 is 0 Å². The van der Waals surface area contributed by atoms with E-state index in [0.717, 1.165) is 41.4 Å². The minimum absolute atomic E-state index is 0.0289. The van der Waals surface area contributed by atoms with Crippen molar-refractivity contribution in [3.8, 4) is 5.75 Å². The lowest BCUT2D eigenvalue weighted by molar-refractivity contribution is -0.127. The molecular weight excluding hydrogens is 408 g/mol. The fraction of sp³-hybridized carbons (Fsp3) is 0.280. The van der Waals surface area contributed by atoms with Crippen molar-refractivity contribution in [1.29, 1.82) is 0 Å². The van der Waals surface area contributed by atoms with Crippen molar-refractivity contribution in [3.05, 3.63) is 88.4 Å². The van der Waals surface area contributed by atoms with E-state index >= 15 is 0 Å². The zero-order valence-electron chi connectivity index (χ0n) is 17.4. The summed E-state index contributed by atoms with van der Waals surface area (Å²) in [5.74, 6) is 1.29. The number of nitrogens with zero attached hydrogens (tertiary/aromatic N) is 2. The van der Waals surface area contributed by atoms with Gasteiger partial charge in [-0.2, -0.15) is 0 Å². The molecule has 0 radical (unpaired) electrons. The molecule has 1 amide bonds. The van der Waals surface area contributed by atoms with Crippen LogP contribution in [0.2, 0.25) is 0 Å². The molecule has 31 heavy (non-hydrogen) atoms. The maximum absolute atomic E-state index is 13.0. The van der Waals surface area contributed by atoms with Crippen molar-refractivity contribution < 1.29 is 14.3 Å². The van der Waals surface area contributed by atoms with Crippen molar-refractivity contribution in [3.63, 3.8) is 0 Å². The standard InChI is InChI=1S/C25H26N2O3S/c28-25(10-9-24-4-2-14-31-24)27(17-21-3-1-12-26-15-21)16-20-5-7-23(8-6-20)30-19-22-11-13-29-18-22/h1-10,12,14-15,22H,11,13,16-19H2/b10-9+. The maximum Gasteiger partial charge on any atom is 0.247 e. The van der Waals surface area contributed by atoms with Crippen LogP contribution in [-0.2, 0) is 22.6 Å². The number of carbonyl (C=O) groups excluding carboxylic acids is 1. The van der Waals surface area contributed by atoms with Crippen LogP contribution in [0.1, 0.15) is 22.4 Å². The highest BCUT2D eigenvalue weighted by Gasteiger charge is 2.16. The minimum atomic E-state index is -0.0289. The Labute approximate surface area is 187 Å². The quantitative estimate of drug-likeness (QED) is 0.454. The second-order valence-electron chi connectivity index (χ2n) is 7.59. The van der Waals surface area contributed by atoms with Crippen LogP contribution in [0.4, 0.5) is 0 Å². The minimum Gasteiger partial charge on any atom is -0.493 e. The lowest BCUT2D eigenvalue weighted by atomic mass is 10.1.